The van der Waals surface area contributed by atoms with Crippen molar-refractivity contribution in [1.82, 2.24) is 4.98 Å². The number of aliphatic hydroxyl groups is 1. The van der Waals surface area contributed by atoms with Crippen molar-refractivity contribution in [2.75, 3.05) is 17.1 Å². The number of benzene rings is 2. The number of aryl methyl sites for hydroxylation is 1. The Hall–Kier alpha value is -2.32. The maximum absolute atomic E-state index is 12.9. The SMILES string of the molecule is Cc1cc(C(C)c2ccc(NS(=O)(=O)CCO)cc2Cl)[nH]c1C(=O)c1ccc(Cl)cc1. The molecule has 1 aromatic heterocycles. The third-order valence-electron chi connectivity index (χ3n) is 4.94. The Morgan fingerprint density at radius 1 is 1.13 bits per heavy atom. The van der Waals surface area contributed by atoms with Gasteiger partial charge in [-0.1, -0.05) is 36.2 Å². The Morgan fingerprint density at radius 3 is 2.42 bits per heavy atom. The molecule has 9 heteroatoms. The van der Waals surface area contributed by atoms with Crippen LogP contribution in [0, 0.1) is 6.92 Å². The molecular formula is C22H22Cl2N2O4S. The molecule has 0 aliphatic carbocycles. The maximum Gasteiger partial charge on any atom is 0.234 e. The number of aliphatic hydroxyl groups excluding tert-OH is 1. The van der Waals surface area contributed by atoms with Gasteiger partial charge in [0.1, 0.15) is 0 Å². The lowest BCUT2D eigenvalue weighted by atomic mass is 9.97. The summed E-state index contributed by atoms with van der Waals surface area (Å²) in [5.41, 5.74) is 3.74. The van der Waals surface area contributed by atoms with Gasteiger partial charge in [-0.2, -0.15) is 0 Å². The highest BCUT2D eigenvalue weighted by Crippen LogP contribution is 2.33. The van der Waals surface area contributed by atoms with Crippen molar-refractivity contribution in [1.29, 1.82) is 0 Å². The van der Waals surface area contributed by atoms with Gasteiger partial charge < -0.3 is 10.1 Å². The molecule has 0 bridgehead atoms. The lowest BCUT2D eigenvalue weighted by molar-refractivity contribution is 0.103. The van der Waals surface area contributed by atoms with Crippen molar-refractivity contribution < 1.29 is 18.3 Å². The van der Waals surface area contributed by atoms with E-state index in [1.54, 1.807) is 36.4 Å². The predicted octanol–water partition coefficient (Wildman–Crippen LogP) is 4.75. The van der Waals surface area contributed by atoms with Gasteiger partial charge in [-0.05, 0) is 60.5 Å². The Morgan fingerprint density at radius 2 is 1.81 bits per heavy atom. The van der Waals surface area contributed by atoms with Crippen LogP contribution in [0.4, 0.5) is 5.69 Å². The van der Waals surface area contributed by atoms with Gasteiger partial charge >= 0.3 is 0 Å². The second-order valence-corrected chi connectivity index (χ2v) is 9.91. The molecule has 1 heterocycles. The normalized spacial score (nSPS) is 12.5. The highest BCUT2D eigenvalue weighted by atomic mass is 35.5. The molecule has 31 heavy (non-hydrogen) atoms. The minimum Gasteiger partial charge on any atom is -0.395 e. The number of hydrogen-bond donors (Lipinski definition) is 3. The summed E-state index contributed by atoms with van der Waals surface area (Å²) < 4.78 is 26.0. The lowest BCUT2D eigenvalue weighted by Gasteiger charge is -2.14. The first-order valence-corrected chi connectivity index (χ1v) is 11.9. The van der Waals surface area contributed by atoms with Crippen molar-refractivity contribution in [2.45, 2.75) is 19.8 Å². The van der Waals surface area contributed by atoms with Gasteiger partial charge in [0.2, 0.25) is 15.8 Å². The number of ketones is 1. The topological polar surface area (TPSA) is 99.3 Å². The van der Waals surface area contributed by atoms with E-state index in [2.05, 4.69) is 9.71 Å². The first kappa shape index (κ1) is 23.3. The maximum atomic E-state index is 12.9. The van der Waals surface area contributed by atoms with Gasteiger partial charge in [0.25, 0.3) is 0 Å². The summed E-state index contributed by atoms with van der Waals surface area (Å²) in [6, 6.07) is 13.5. The summed E-state index contributed by atoms with van der Waals surface area (Å²) in [6.07, 6.45) is 0. The number of aromatic nitrogens is 1. The zero-order valence-electron chi connectivity index (χ0n) is 16.9. The number of aromatic amines is 1. The molecular weight excluding hydrogens is 459 g/mol. The third-order valence-corrected chi connectivity index (χ3v) is 6.78. The van der Waals surface area contributed by atoms with E-state index in [9.17, 15) is 13.2 Å². The number of halogens is 2. The Kier molecular flexibility index (Phi) is 7.11. The monoisotopic (exact) mass is 480 g/mol. The number of carbonyl (C=O) groups excluding carboxylic acids is 1. The summed E-state index contributed by atoms with van der Waals surface area (Å²) in [4.78, 5) is 16.1. The Balaban J connectivity index is 1.85. The number of H-pyrrole nitrogens is 1. The molecule has 0 aliphatic rings. The molecule has 0 radical (unpaired) electrons. The van der Waals surface area contributed by atoms with E-state index >= 15 is 0 Å². The molecule has 0 fully saturated rings. The minimum atomic E-state index is -3.64. The van der Waals surface area contributed by atoms with Crippen LogP contribution in [0.15, 0.2) is 48.5 Å². The number of nitrogens with one attached hydrogen (secondary N) is 2. The van der Waals surface area contributed by atoms with E-state index in [0.717, 1.165) is 16.8 Å². The molecule has 3 N–H and O–H groups in total. The summed E-state index contributed by atoms with van der Waals surface area (Å²) in [7, 11) is -3.64. The fraction of sp³-hybridized carbons (Fsp3) is 0.227. The lowest BCUT2D eigenvalue weighted by Crippen LogP contribution is -2.18. The van der Waals surface area contributed by atoms with Crippen molar-refractivity contribution >= 4 is 44.7 Å². The molecule has 1 atom stereocenters. The Bertz CT molecular complexity index is 1200. The van der Waals surface area contributed by atoms with Gasteiger partial charge in [-0.3, -0.25) is 9.52 Å². The number of carbonyl (C=O) groups is 1. The quantitative estimate of drug-likeness (QED) is 0.405. The van der Waals surface area contributed by atoms with Gasteiger partial charge in [0.15, 0.2) is 0 Å². The molecule has 164 valence electrons. The van der Waals surface area contributed by atoms with E-state index in [1.807, 2.05) is 19.9 Å². The van der Waals surface area contributed by atoms with Crippen molar-refractivity contribution in [3.63, 3.8) is 0 Å². The zero-order chi connectivity index (χ0) is 22.8. The number of rotatable bonds is 8. The zero-order valence-corrected chi connectivity index (χ0v) is 19.3. The Labute approximate surface area is 191 Å². The smallest absolute Gasteiger partial charge is 0.234 e. The number of sulfonamides is 1. The first-order chi connectivity index (χ1) is 14.6. The summed E-state index contributed by atoms with van der Waals surface area (Å²) in [5.74, 6) is -0.692. The first-order valence-electron chi connectivity index (χ1n) is 9.52. The summed E-state index contributed by atoms with van der Waals surface area (Å²) in [5, 5.41) is 9.79. The molecule has 1 unspecified atom stereocenters. The van der Waals surface area contributed by atoms with E-state index in [-0.39, 0.29) is 11.7 Å². The second-order valence-electron chi connectivity index (χ2n) is 7.22. The van der Waals surface area contributed by atoms with Crippen molar-refractivity contribution in [3.05, 3.63) is 86.7 Å². The van der Waals surface area contributed by atoms with Crippen LogP contribution in [0.3, 0.4) is 0 Å². The fourth-order valence-electron chi connectivity index (χ4n) is 3.26. The highest BCUT2D eigenvalue weighted by Gasteiger charge is 2.20. The molecule has 3 rings (SSSR count). The van der Waals surface area contributed by atoms with Crippen LogP contribution in [0.1, 0.15) is 45.7 Å². The number of hydrogen-bond acceptors (Lipinski definition) is 4. The molecule has 6 nitrogen and oxygen atoms in total. The minimum absolute atomic E-state index is 0.132. The van der Waals surface area contributed by atoms with Gasteiger partial charge in [-0.15, -0.1) is 0 Å². The van der Waals surface area contributed by atoms with E-state index in [0.29, 0.717) is 27.0 Å². The van der Waals surface area contributed by atoms with Crippen LogP contribution in [-0.2, 0) is 10.0 Å². The van der Waals surface area contributed by atoms with E-state index in [4.69, 9.17) is 28.3 Å². The fourth-order valence-corrected chi connectivity index (χ4v) is 4.56. The standard InChI is InChI=1S/C22H22Cl2N2O4S/c1-13-11-20(25-21(13)22(28)15-3-5-16(23)6-4-15)14(2)18-8-7-17(12-19(18)24)26-31(29,30)10-9-27/h3-8,11-12,14,25-27H,9-10H2,1-2H3. The molecule has 2 aromatic carbocycles. The third kappa shape index (κ3) is 5.49. The summed E-state index contributed by atoms with van der Waals surface area (Å²) >= 11 is 12.3. The average molecular weight is 481 g/mol. The molecule has 0 aliphatic heterocycles. The average Bonchev–Trinajstić information content (AvgIpc) is 3.09. The summed E-state index contributed by atoms with van der Waals surface area (Å²) in [6.45, 7) is 3.33. The van der Waals surface area contributed by atoms with E-state index in [1.165, 1.54) is 6.07 Å². The molecule has 0 amide bonds. The van der Waals surface area contributed by atoms with Crippen LogP contribution in [0.25, 0.3) is 0 Å². The molecule has 0 spiro atoms. The van der Waals surface area contributed by atoms with Crippen LogP contribution in [-0.4, -0.2) is 36.7 Å². The predicted molar refractivity (Wildman–Crippen MR) is 124 cm³/mol. The van der Waals surface area contributed by atoms with Gasteiger partial charge in [0, 0.05) is 32.9 Å². The van der Waals surface area contributed by atoms with Crippen molar-refractivity contribution in [3.8, 4) is 0 Å². The van der Waals surface area contributed by atoms with Crippen LogP contribution in [0.2, 0.25) is 10.0 Å². The van der Waals surface area contributed by atoms with Gasteiger partial charge in [-0.25, -0.2) is 8.42 Å². The van der Waals surface area contributed by atoms with E-state index < -0.39 is 22.4 Å². The largest absolute Gasteiger partial charge is 0.395 e. The second kappa shape index (κ2) is 9.44. The van der Waals surface area contributed by atoms with Crippen LogP contribution < -0.4 is 4.72 Å². The molecule has 0 saturated carbocycles. The molecule has 0 saturated heterocycles. The highest BCUT2D eigenvalue weighted by molar-refractivity contribution is 7.92. The van der Waals surface area contributed by atoms with Crippen LogP contribution >= 0.6 is 23.2 Å². The number of anilines is 1. The van der Waals surface area contributed by atoms with Crippen LogP contribution in [0.5, 0.6) is 0 Å². The molecule has 3 aromatic rings. The van der Waals surface area contributed by atoms with Crippen molar-refractivity contribution in [2.24, 2.45) is 0 Å². The van der Waals surface area contributed by atoms with Gasteiger partial charge in [0.05, 0.1) is 18.1 Å².